The summed E-state index contributed by atoms with van der Waals surface area (Å²) in [5.41, 5.74) is 1.41. The van der Waals surface area contributed by atoms with Crippen LogP contribution in [0, 0.1) is 11.3 Å². The highest BCUT2D eigenvalue weighted by Gasteiger charge is 2.27. The Bertz CT molecular complexity index is 1040. The van der Waals surface area contributed by atoms with E-state index in [2.05, 4.69) is 10.3 Å². The third kappa shape index (κ3) is 3.83. The number of carbonyl (C=O) groups is 2. The molecule has 0 bridgehead atoms. The molecule has 8 heteroatoms. The van der Waals surface area contributed by atoms with Crippen LogP contribution >= 0.6 is 11.3 Å². The lowest BCUT2D eigenvalue weighted by atomic mass is 10.1. The molecule has 0 aromatic carbocycles. The Morgan fingerprint density at radius 1 is 1.37 bits per heavy atom. The number of amides is 1. The van der Waals surface area contributed by atoms with Crippen molar-refractivity contribution in [3.63, 3.8) is 0 Å². The van der Waals surface area contributed by atoms with Gasteiger partial charge >= 0.3 is 5.97 Å². The van der Waals surface area contributed by atoms with Gasteiger partial charge in [0.2, 0.25) is 0 Å². The van der Waals surface area contributed by atoms with Crippen LogP contribution in [0.5, 0.6) is 0 Å². The van der Waals surface area contributed by atoms with Gasteiger partial charge in [0.25, 0.3) is 5.91 Å². The number of esters is 1. The minimum absolute atomic E-state index is 0.114. The zero-order valence-electron chi connectivity index (χ0n) is 15.1. The van der Waals surface area contributed by atoms with Gasteiger partial charge in [-0.2, -0.15) is 16.6 Å². The van der Waals surface area contributed by atoms with Crippen LogP contribution in [0.3, 0.4) is 0 Å². The van der Waals surface area contributed by atoms with Crippen molar-refractivity contribution in [3.05, 3.63) is 46.4 Å². The van der Waals surface area contributed by atoms with E-state index in [1.807, 2.05) is 22.9 Å². The molecule has 0 aliphatic carbocycles. The SMILES string of the molecule is CC(C)(C)OC(=O)c1c(-c2ccsc2)nc2c(C(=O)NCC#N)cccn12. The van der Waals surface area contributed by atoms with Gasteiger partial charge in [0.05, 0.1) is 11.6 Å². The molecule has 138 valence electrons. The summed E-state index contributed by atoms with van der Waals surface area (Å²) in [5.74, 6) is -0.953. The lowest BCUT2D eigenvalue weighted by molar-refractivity contribution is 0.00625. The van der Waals surface area contributed by atoms with Gasteiger partial charge in [0, 0.05) is 17.1 Å². The minimum atomic E-state index is -0.672. The Kier molecular flexibility index (Phi) is 4.97. The number of nitrogens with zero attached hydrogens (tertiary/aromatic N) is 3. The molecule has 3 aromatic rings. The van der Waals surface area contributed by atoms with Crippen molar-refractivity contribution in [2.45, 2.75) is 26.4 Å². The number of carbonyl (C=O) groups excluding carboxylic acids is 2. The molecule has 0 unspecified atom stereocenters. The molecule has 3 rings (SSSR count). The van der Waals surface area contributed by atoms with Crippen molar-refractivity contribution < 1.29 is 14.3 Å². The van der Waals surface area contributed by atoms with Crippen molar-refractivity contribution in [1.29, 1.82) is 5.26 Å². The number of nitriles is 1. The predicted molar refractivity (Wildman–Crippen MR) is 102 cm³/mol. The summed E-state index contributed by atoms with van der Waals surface area (Å²) in [6, 6.07) is 6.98. The summed E-state index contributed by atoms with van der Waals surface area (Å²) in [5, 5.41) is 15.0. The second-order valence-electron chi connectivity index (χ2n) is 6.78. The molecule has 27 heavy (non-hydrogen) atoms. The van der Waals surface area contributed by atoms with E-state index in [4.69, 9.17) is 10.00 Å². The molecular formula is C19H18N4O3S. The van der Waals surface area contributed by atoms with E-state index in [1.165, 1.54) is 11.3 Å². The van der Waals surface area contributed by atoms with Crippen LogP contribution in [0.4, 0.5) is 0 Å². The fraction of sp³-hybridized carbons (Fsp3) is 0.263. The average Bonchev–Trinajstić information content (AvgIpc) is 3.24. The van der Waals surface area contributed by atoms with Crippen LogP contribution in [0.1, 0.15) is 41.6 Å². The van der Waals surface area contributed by atoms with E-state index in [1.54, 1.807) is 43.5 Å². The topological polar surface area (TPSA) is 96.5 Å². The predicted octanol–water partition coefficient (Wildman–Crippen LogP) is 3.27. The van der Waals surface area contributed by atoms with Gasteiger partial charge in [-0.05, 0) is 44.4 Å². The van der Waals surface area contributed by atoms with E-state index in [9.17, 15) is 9.59 Å². The highest BCUT2D eigenvalue weighted by molar-refractivity contribution is 7.08. The second-order valence-corrected chi connectivity index (χ2v) is 7.56. The van der Waals surface area contributed by atoms with Gasteiger partial charge in [0.1, 0.15) is 17.8 Å². The molecule has 0 aliphatic heterocycles. The van der Waals surface area contributed by atoms with E-state index < -0.39 is 17.5 Å². The quantitative estimate of drug-likeness (QED) is 0.552. The molecule has 1 amide bonds. The number of hydrogen-bond donors (Lipinski definition) is 1. The fourth-order valence-corrected chi connectivity index (χ4v) is 3.22. The fourth-order valence-electron chi connectivity index (χ4n) is 2.58. The van der Waals surface area contributed by atoms with Crippen LogP contribution in [0.2, 0.25) is 0 Å². The summed E-state index contributed by atoms with van der Waals surface area (Å²) in [6.07, 6.45) is 1.67. The molecule has 0 radical (unpaired) electrons. The summed E-state index contributed by atoms with van der Waals surface area (Å²) in [7, 11) is 0. The molecule has 1 N–H and O–H groups in total. The Hall–Kier alpha value is -3.18. The van der Waals surface area contributed by atoms with Gasteiger partial charge in [-0.1, -0.05) is 0 Å². The summed E-state index contributed by atoms with van der Waals surface area (Å²) in [6.45, 7) is 5.26. The zero-order chi connectivity index (χ0) is 19.6. The van der Waals surface area contributed by atoms with E-state index in [0.29, 0.717) is 11.3 Å². The van der Waals surface area contributed by atoms with Crippen LogP contribution in [-0.4, -0.2) is 33.4 Å². The Morgan fingerprint density at radius 3 is 2.78 bits per heavy atom. The Morgan fingerprint density at radius 2 is 2.15 bits per heavy atom. The first-order valence-electron chi connectivity index (χ1n) is 8.24. The monoisotopic (exact) mass is 382 g/mol. The molecular weight excluding hydrogens is 364 g/mol. The molecule has 0 atom stereocenters. The molecule has 7 nitrogen and oxygen atoms in total. The standard InChI is InChI=1S/C19H18N4O3S/c1-19(2,3)26-18(25)15-14(12-6-10-27-11-12)22-16-13(5-4-9-23(15)16)17(24)21-8-7-20/h4-6,9-11H,8H2,1-3H3,(H,21,24). The summed E-state index contributed by atoms with van der Waals surface area (Å²) in [4.78, 5) is 29.8. The second kappa shape index (κ2) is 7.21. The molecule has 0 fully saturated rings. The van der Waals surface area contributed by atoms with E-state index in [0.717, 1.165) is 5.56 Å². The molecule has 0 aliphatic rings. The lowest BCUT2D eigenvalue weighted by Crippen LogP contribution is -2.25. The van der Waals surface area contributed by atoms with Crippen LogP contribution in [0.15, 0.2) is 35.2 Å². The molecule has 0 saturated carbocycles. The number of pyridine rings is 1. The molecule has 3 aromatic heterocycles. The Labute approximate surface area is 160 Å². The highest BCUT2D eigenvalue weighted by Crippen LogP contribution is 2.29. The molecule has 3 heterocycles. The summed E-state index contributed by atoms with van der Waals surface area (Å²) < 4.78 is 7.11. The van der Waals surface area contributed by atoms with Gasteiger partial charge in [-0.25, -0.2) is 9.78 Å². The van der Waals surface area contributed by atoms with Gasteiger partial charge in [-0.15, -0.1) is 0 Å². The number of ether oxygens (including phenoxy) is 1. The maximum absolute atomic E-state index is 12.9. The summed E-state index contributed by atoms with van der Waals surface area (Å²) >= 11 is 1.48. The number of nitrogens with one attached hydrogen (secondary N) is 1. The van der Waals surface area contributed by atoms with E-state index >= 15 is 0 Å². The number of rotatable bonds is 4. The van der Waals surface area contributed by atoms with Crippen molar-refractivity contribution in [3.8, 4) is 17.3 Å². The smallest absolute Gasteiger partial charge is 0.358 e. The third-order valence-electron chi connectivity index (χ3n) is 3.61. The molecule has 0 saturated heterocycles. The average molecular weight is 382 g/mol. The van der Waals surface area contributed by atoms with Gasteiger partial charge < -0.3 is 10.1 Å². The van der Waals surface area contributed by atoms with Crippen LogP contribution in [0.25, 0.3) is 16.9 Å². The first-order valence-corrected chi connectivity index (χ1v) is 9.18. The number of hydrogen-bond acceptors (Lipinski definition) is 6. The van der Waals surface area contributed by atoms with Gasteiger partial charge in [-0.3, -0.25) is 9.20 Å². The maximum Gasteiger partial charge on any atom is 0.358 e. The van der Waals surface area contributed by atoms with Crippen LogP contribution in [-0.2, 0) is 4.74 Å². The van der Waals surface area contributed by atoms with Crippen molar-refractivity contribution in [1.82, 2.24) is 14.7 Å². The number of thiophene rings is 1. The number of aromatic nitrogens is 2. The number of fused-ring (bicyclic) bond motifs is 1. The Balaban J connectivity index is 2.20. The number of imidazole rings is 1. The normalized spacial score (nSPS) is 11.2. The largest absolute Gasteiger partial charge is 0.455 e. The van der Waals surface area contributed by atoms with Crippen LogP contribution < -0.4 is 5.32 Å². The van der Waals surface area contributed by atoms with E-state index in [-0.39, 0.29) is 17.8 Å². The maximum atomic E-state index is 12.9. The first-order chi connectivity index (χ1) is 12.8. The van der Waals surface area contributed by atoms with Crippen molar-refractivity contribution >= 4 is 28.9 Å². The van der Waals surface area contributed by atoms with Gasteiger partial charge in [0.15, 0.2) is 11.3 Å². The highest BCUT2D eigenvalue weighted by atomic mass is 32.1. The van der Waals surface area contributed by atoms with Crippen molar-refractivity contribution in [2.24, 2.45) is 0 Å². The lowest BCUT2D eigenvalue weighted by Gasteiger charge is -2.19. The first kappa shape index (κ1) is 18.6. The minimum Gasteiger partial charge on any atom is -0.455 e. The zero-order valence-corrected chi connectivity index (χ0v) is 16.0. The molecule has 0 spiro atoms. The van der Waals surface area contributed by atoms with Crippen molar-refractivity contribution in [2.75, 3.05) is 6.54 Å². The third-order valence-corrected chi connectivity index (χ3v) is 4.29.